The second-order valence-corrected chi connectivity index (χ2v) is 7.69. The van der Waals surface area contributed by atoms with E-state index in [2.05, 4.69) is 68.0 Å². The van der Waals surface area contributed by atoms with Gasteiger partial charge in [-0.15, -0.1) is 0 Å². The largest absolute Gasteiger partial charge is 0.318 e. The summed E-state index contributed by atoms with van der Waals surface area (Å²) in [7, 11) is 0. The predicted octanol–water partition coefficient (Wildman–Crippen LogP) is 3.79. The van der Waals surface area contributed by atoms with Crippen molar-refractivity contribution in [1.29, 1.82) is 0 Å². The first-order valence-electron chi connectivity index (χ1n) is 9.04. The molecule has 0 spiro atoms. The maximum absolute atomic E-state index is 12.0. The topological polar surface area (TPSA) is 49.6 Å². The Morgan fingerprint density at radius 1 is 1.23 bits per heavy atom. The van der Waals surface area contributed by atoms with Crippen molar-refractivity contribution in [1.82, 2.24) is 14.9 Å². The van der Waals surface area contributed by atoms with Crippen molar-refractivity contribution in [3.8, 4) is 5.69 Å². The Hall–Kier alpha value is -1.92. The van der Waals surface area contributed by atoms with Gasteiger partial charge in [0.1, 0.15) is 0 Å². The third-order valence-corrected chi connectivity index (χ3v) is 5.24. The van der Waals surface area contributed by atoms with E-state index < -0.39 is 0 Å². The minimum absolute atomic E-state index is 0.0519. The highest BCUT2D eigenvalue weighted by Crippen LogP contribution is 2.22. The Morgan fingerprint density at radius 2 is 2.00 bits per heavy atom. The van der Waals surface area contributed by atoms with Crippen molar-refractivity contribution in [3.05, 3.63) is 51.8 Å². The summed E-state index contributed by atoms with van der Waals surface area (Å²) in [6.45, 7) is 6.56. The number of carbonyl (C=O) groups excluding carboxylic acids is 1. The predicted molar refractivity (Wildman–Crippen MR) is 109 cm³/mol. The first kappa shape index (κ1) is 18.9. The van der Waals surface area contributed by atoms with Crippen molar-refractivity contribution in [3.63, 3.8) is 0 Å². The van der Waals surface area contributed by atoms with Gasteiger partial charge in [-0.05, 0) is 64.0 Å². The van der Waals surface area contributed by atoms with E-state index in [0.717, 1.165) is 40.2 Å². The van der Waals surface area contributed by atoms with Gasteiger partial charge in [-0.2, -0.15) is 5.10 Å². The molecule has 1 amide bonds. The van der Waals surface area contributed by atoms with Crippen LogP contribution >= 0.6 is 15.9 Å². The van der Waals surface area contributed by atoms with Crippen LogP contribution in [0.4, 0.5) is 0 Å². The number of piperidine rings is 1. The summed E-state index contributed by atoms with van der Waals surface area (Å²) in [6.07, 6.45) is 5.35. The fourth-order valence-corrected chi connectivity index (χ4v) is 3.85. The van der Waals surface area contributed by atoms with Crippen molar-refractivity contribution in [2.45, 2.75) is 33.1 Å². The van der Waals surface area contributed by atoms with E-state index in [1.54, 1.807) is 6.21 Å². The molecule has 1 N–H and O–H groups in total. The van der Waals surface area contributed by atoms with E-state index in [4.69, 9.17) is 0 Å². The van der Waals surface area contributed by atoms with Gasteiger partial charge in [-0.1, -0.05) is 28.4 Å². The minimum atomic E-state index is -0.0519. The van der Waals surface area contributed by atoms with Crippen molar-refractivity contribution in [2.75, 3.05) is 19.6 Å². The molecule has 2 heterocycles. The molecule has 0 unspecified atom stereocenters. The molecule has 1 aliphatic rings. The van der Waals surface area contributed by atoms with E-state index in [9.17, 15) is 4.79 Å². The van der Waals surface area contributed by atoms with Crippen LogP contribution < -0.4 is 5.43 Å². The van der Waals surface area contributed by atoms with Crippen LogP contribution in [-0.4, -0.2) is 41.2 Å². The van der Waals surface area contributed by atoms with Crippen molar-refractivity contribution >= 4 is 28.1 Å². The maximum Gasteiger partial charge on any atom is 0.254 e. The molecule has 3 rings (SSSR count). The Morgan fingerprint density at radius 3 is 2.73 bits per heavy atom. The van der Waals surface area contributed by atoms with Crippen molar-refractivity contribution < 1.29 is 4.79 Å². The van der Waals surface area contributed by atoms with Crippen LogP contribution in [-0.2, 0) is 4.79 Å². The highest BCUT2D eigenvalue weighted by atomic mass is 79.9. The minimum Gasteiger partial charge on any atom is -0.318 e. The molecule has 0 bridgehead atoms. The number of rotatable bonds is 5. The molecule has 2 aromatic rings. The zero-order valence-electron chi connectivity index (χ0n) is 15.3. The molecular weight excluding hydrogens is 392 g/mol. The molecule has 1 aromatic heterocycles. The normalized spacial score (nSPS) is 15.5. The van der Waals surface area contributed by atoms with Crippen LogP contribution in [0.5, 0.6) is 0 Å². The Bertz CT molecular complexity index is 806. The lowest BCUT2D eigenvalue weighted by molar-refractivity contribution is -0.122. The molecule has 1 saturated heterocycles. The first-order chi connectivity index (χ1) is 12.5. The van der Waals surface area contributed by atoms with Crippen molar-refractivity contribution in [2.24, 2.45) is 5.10 Å². The van der Waals surface area contributed by atoms with Crippen LogP contribution in [0.15, 0.2) is 39.9 Å². The van der Waals surface area contributed by atoms with Crippen LogP contribution in [0.2, 0.25) is 0 Å². The second-order valence-electron chi connectivity index (χ2n) is 6.77. The van der Waals surface area contributed by atoms with Gasteiger partial charge >= 0.3 is 0 Å². The average Bonchev–Trinajstić information content (AvgIpc) is 2.89. The Kier molecular flexibility index (Phi) is 6.27. The third kappa shape index (κ3) is 4.62. The Balaban J connectivity index is 1.65. The number of hydrazone groups is 1. The average molecular weight is 417 g/mol. The van der Waals surface area contributed by atoms with E-state index in [1.807, 2.05) is 12.1 Å². The molecule has 1 aromatic carbocycles. The number of halogens is 1. The SMILES string of the molecule is Cc1cc(/C=N\NC(=O)CN2CCCCC2)c(C)n1-c1cccc(Br)c1. The number of carbonyl (C=O) groups is 1. The quantitative estimate of drug-likeness (QED) is 0.595. The van der Waals surface area contributed by atoms with E-state index >= 15 is 0 Å². The number of nitrogens with one attached hydrogen (secondary N) is 1. The lowest BCUT2D eigenvalue weighted by Gasteiger charge is -2.25. The number of hydrogen-bond donors (Lipinski definition) is 1. The number of benzene rings is 1. The summed E-state index contributed by atoms with van der Waals surface area (Å²) in [5.41, 5.74) is 6.98. The van der Waals surface area contributed by atoms with E-state index in [1.165, 1.54) is 19.3 Å². The van der Waals surface area contributed by atoms with Crippen LogP contribution in [0.1, 0.15) is 36.2 Å². The first-order valence-corrected chi connectivity index (χ1v) is 9.83. The van der Waals surface area contributed by atoms with Gasteiger partial charge in [0.2, 0.25) is 0 Å². The van der Waals surface area contributed by atoms with Gasteiger partial charge in [-0.25, -0.2) is 5.43 Å². The number of likely N-dealkylation sites (tertiary alicyclic amines) is 1. The molecule has 1 aliphatic heterocycles. The van der Waals surface area contributed by atoms with E-state index in [0.29, 0.717) is 6.54 Å². The Labute approximate surface area is 163 Å². The molecule has 6 heteroatoms. The molecule has 0 radical (unpaired) electrons. The fourth-order valence-electron chi connectivity index (χ4n) is 3.46. The molecule has 0 aliphatic carbocycles. The maximum atomic E-state index is 12.0. The summed E-state index contributed by atoms with van der Waals surface area (Å²) in [5.74, 6) is -0.0519. The molecule has 1 fully saturated rings. The van der Waals surface area contributed by atoms with Gasteiger partial charge in [0, 0.05) is 27.1 Å². The molecule has 0 saturated carbocycles. The lowest BCUT2D eigenvalue weighted by atomic mass is 10.1. The summed E-state index contributed by atoms with van der Waals surface area (Å²) >= 11 is 3.52. The third-order valence-electron chi connectivity index (χ3n) is 4.75. The summed E-state index contributed by atoms with van der Waals surface area (Å²) in [6, 6.07) is 10.3. The smallest absolute Gasteiger partial charge is 0.254 e. The second kappa shape index (κ2) is 8.64. The monoisotopic (exact) mass is 416 g/mol. The number of aryl methyl sites for hydroxylation is 1. The summed E-state index contributed by atoms with van der Waals surface area (Å²) in [5, 5.41) is 4.16. The number of nitrogens with zero attached hydrogens (tertiary/aromatic N) is 3. The zero-order valence-corrected chi connectivity index (χ0v) is 16.9. The number of amides is 1. The van der Waals surface area contributed by atoms with Crippen LogP contribution in [0.25, 0.3) is 5.69 Å². The van der Waals surface area contributed by atoms with Gasteiger partial charge in [0.05, 0.1) is 12.8 Å². The molecule has 0 atom stereocenters. The number of aromatic nitrogens is 1. The van der Waals surface area contributed by atoms with Gasteiger partial charge in [-0.3, -0.25) is 9.69 Å². The highest BCUT2D eigenvalue weighted by molar-refractivity contribution is 9.10. The molecular formula is C20H25BrN4O. The van der Waals surface area contributed by atoms with Gasteiger partial charge < -0.3 is 4.57 Å². The molecule has 26 heavy (non-hydrogen) atoms. The van der Waals surface area contributed by atoms with E-state index in [-0.39, 0.29) is 5.91 Å². The highest BCUT2D eigenvalue weighted by Gasteiger charge is 2.13. The lowest BCUT2D eigenvalue weighted by Crippen LogP contribution is -2.38. The standard InChI is InChI=1S/C20H25BrN4O/c1-15-11-17(16(2)25(15)19-8-6-7-18(21)12-19)13-22-23-20(26)14-24-9-4-3-5-10-24/h6-8,11-13H,3-5,9-10,14H2,1-2H3,(H,23,26)/b22-13-. The van der Waals surface area contributed by atoms with Gasteiger partial charge in [0.15, 0.2) is 0 Å². The van der Waals surface area contributed by atoms with Gasteiger partial charge in [0.25, 0.3) is 5.91 Å². The number of hydrogen-bond acceptors (Lipinski definition) is 3. The summed E-state index contributed by atoms with van der Waals surface area (Å²) in [4.78, 5) is 14.2. The summed E-state index contributed by atoms with van der Waals surface area (Å²) < 4.78 is 3.23. The van der Waals surface area contributed by atoms with Crippen LogP contribution in [0.3, 0.4) is 0 Å². The fraction of sp³-hybridized carbons (Fsp3) is 0.400. The zero-order chi connectivity index (χ0) is 18.5. The molecule has 5 nitrogen and oxygen atoms in total. The molecule has 138 valence electrons. The van der Waals surface area contributed by atoms with Crippen LogP contribution in [0, 0.1) is 13.8 Å².